The fraction of sp³-hybridized carbons (Fsp3) is 0.462. The molecule has 0 N–H and O–H groups in total. The van der Waals surface area contributed by atoms with Crippen LogP contribution in [0.5, 0.6) is 0 Å². The van der Waals surface area contributed by atoms with Crippen LogP contribution in [0.3, 0.4) is 0 Å². The van der Waals surface area contributed by atoms with Crippen LogP contribution in [0.4, 0.5) is 16.2 Å². The zero-order valence-electron chi connectivity index (χ0n) is 20.1. The third-order valence-electron chi connectivity index (χ3n) is 7.09. The Morgan fingerprint density at radius 3 is 2.21 bits per heavy atom. The third kappa shape index (κ3) is 5.65. The number of hydroxylamine groups is 2. The summed E-state index contributed by atoms with van der Waals surface area (Å²) in [5.74, 6) is 0.550. The highest BCUT2D eigenvalue weighted by molar-refractivity contribution is 6.30. The first-order valence-electron chi connectivity index (χ1n) is 11.9. The van der Waals surface area contributed by atoms with Crippen molar-refractivity contribution in [3.63, 3.8) is 0 Å². The molecule has 0 saturated carbocycles. The number of amides is 2. The SMILES string of the molecule is CC(=O)N(C)C1CCN(c2ccc(N(C)C(=O)ON3CCC(c4ccc(Cl)cc4)CC3)cc2)C1. The molecule has 1 atom stereocenters. The van der Waals surface area contributed by atoms with Crippen molar-refractivity contribution >= 4 is 35.0 Å². The first-order valence-corrected chi connectivity index (χ1v) is 12.2. The number of carbonyl (C=O) groups is 2. The summed E-state index contributed by atoms with van der Waals surface area (Å²) in [5, 5.41) is 2.51. The molecule has 0 radical (unpaired) electrons. The number of hydrogen-bond donors (Lipinski definition) is 0. The second kappa shape index (κ2) is 10.7. The summed E-state index contributed by atoms with van der Waals surface area (Å²) in [6, 6.07) is 16.2. The summed E-state index contributed by atoms with van der Waals surface area (Å²) in [5.41, 5.74) is 3.15. The summed E-state index contributed by atoms with van der Waals surface area (Å²) in [6.07, 6.45) is 2.44. The van der Waals surface area contributed by atoms with Crippen molar-refractivity contribution in [1.29, 1.82) is 0 Å². The molecule has 0 bridgehead atoms. The van der Waals surface area contributed by atoms with Gasteiger partial charge in [-0.1, -0.05) is 23.7 Å². The van der Waals surface area contributed by atoms with E-state index >= 15 is 0 Å². The lowest BCUT2D eigenvalue weighted by Crippen LogP contribution is -2.39. The zero-order valence-corrected chi connectivity index (χ0v) is 20.9. The van der Waals surface area contributed by atoms with Gasteiger partial charge in [-0.05, 0) is 67.1 Å². The van der Waals surface area contributed by atoms with Crippen molar-refractivity contribution < 1.29 is 14.4 Å². The Labute approximate surface area is 206 Å². The molecule has 34 heavy (non-hydrogen) atoms. The van der Waals surface area contributed by atoms with Crippen LogP contribution in [0.15, 0.2) is 48.5 Å². The largest absolute Gasteiger partial charge is 0.433 e. The van der Waals surface area contributed by atoms with Gasteiger partial charge in [0.05, 0.1) is 6.04 Å². The van der Waals surface area contributed by atoms with Crippen molar-refractivity contribution in [2.24, 2.45) is 0 Å². The van der Waals surface area contributed by atoms with Crippen molar-refractivity contribution in [3.8, 4) is 0 Å². The van der Waals surface area contributed by atoms with Gasteiger partial charge in [-0.3, -0.25) is 9.69 Å². The molecular formula is C26H33ClN4O3. The van der Waals surface area contributed by atoms with Crippen LogP contribution in [0.2, 0.25) is 5.02 Å². The maximum absolute atomic E-state index is 12.7. The Hall–Kier alpha value is -2.77. The van der Waals surface area contributed by atoms with Gasteiger partial charge < -0.3 is 14.6 Å². The normalized spacial score (nSPS) is 19.2. The molecule has 2 amide bonds. The van der Waals surface area contributed by atoms with E-state index in [1.807, 2.05) is 48.3 Å². The first-order chi connectivity index (χ1) is 16.3. The summed E-state index contributed by atoms with van der Waals surface area (Å²) in [4.78, 5) is 35.6. The Morgan fingerprint density at radius 1 is 0.941 bits per heavy atom. The van der Waals surface area contributed by atoms with E-state index in [4.69, 9.17) is 16.4 Å². The fourth-order valence-corrected chi connectivity index (χ4v) is 4.86. The molecule has 2 aromatic rings. The van der Waals surface area contributed by atoms with Crippen LogP contribution in [0, 0.1) is 0 Å². The molecule has 7 nitrogen and oxygen atoms in total. The van der Waals surface area contributed by atoms with Gasteiger partial charge in [0.15, 0.2) is 0 Å². The van der Waals surface area contributed by atoms with Crippen molar-refractivity contribution in [2.45, 2.75) is 38.1 Å². The Balaban J connectivity index is 1.27. The Kier molecular flexibility index (Phi) is 7.63. The smallest absolute Gasteiger partial charge is 0.369 e. The van der Waals surface area contributed by atoms with Gasteiger partial charge in [0.2, 0.25) is 5.91 Å². The van der Waals surface area contributed by atoms with Gasteiger partial charge >= 0.3 is 6.09 Å². The van der Waals surface area contributed by atoms with E-state index in [1.54, 1.807) is 19.0 Å². The van der Waals surface area contributed by atoms with Crippen LogP contribution in [-0.4, -0.2) is 68.3 Å². The third-order valence-corrected chi connectivity index (χ3v) is 7.34. The van der Waals surface area contributed by atoms with E-state index in [-0.39, 0.29) is 18.0 Å². The number of carbonyl (C=O) groups excluding carboxylic acids is 2. The fourth-order valence-electron chi connectivity index (χ4n) is 4.73. The van der Waals surface area contributed by atoms with Gasteiger partial charge in [0.25, 0.3) is 0 Å². The van der Waals surface area contributed by atoms with Gasteiger partial charge in [-0.15, -0.1) is 5.06 Å². The minimum atomic E-state index is -0.387. The number of likely N-dealkylation sites (N-methyl/N-ethyl adjacent to an activating group) is 1. The van der Waals surface area contributed by atoms with Crippen molar-refractivity contribution in [2.75, 3.05) is 50.1 Å². The number of piperidine rings is 1. The van der Waals surface area contributed by atoms with E-state index < -0.39 is 0 Å². The molecule has 2 heterocycles. The van der Waals surface area contributed by atoms with Crippen LogP contribution in [-0.2, 0) is 9.63 Å². The van der Waals surface area contributed by atoms with E-state index in [0.29, 0.717) is 19.0 Å². The highest BCUT2D eigenvalue weighted by Crippen LogP contribution is 2.30. The van der Waals surface area contributed by atoms with E-state index in [1.165, 1.54) is 10.5 Å². The van der Waals surface area contributed by atoms with E-state index in [9.17, 15) is 9.59 Å². The number of nitrogens with zero attached hydrogens (tertiary/aromatic N) is 4. The lowest BCUT2D eigenvalue weighted by Gasteiger charge is -2.31. The lowest BCUT2D eigenvalue weighted by atomic mass is 9.90. The molecule has 4 rings (SSSR count). The Bertz CT molecular complexity index is 990. The molecule has 2 saturated heterocycles. The minimum absolute atomic E-state index is 0.0940. The number of hydrogen-bond acceptors (Lipinski definition) is 5. The van der Waals surface area contributed by atoms with Gasteiger partial charge in [-0.2, -0.15) is 0 Å². The van der Waals surface area contributed by atoms with Crippen molar-refractivity contribution in [3.05, 3.63) is 59.1 Å². The van der Waals surface area contributed by atoms with Crippen LogP contribution < -0.4 is 9.80 Å². The van der Waals surface area contributed by atoms with Gasteiger partial charge in [-0.25, -0.2) is 4.79 Å². The minimum Gasteiger partial charge on any atom is -0.369 e. The number of anilines is 2. The zero-order chi connectivity index (χ0) is 24.2. The molecule has 2 aliphatic rings. The second-order valence-corrected chi connectivity index (χ2v) is 9.64. The molecule has 1 unspecified atom stereocenters. The lowest BCUT2D eigenvalue weighted by molar-refractivity contribution is -0.129. The second-order valence-electron chi connectivity index (χ2n) is 9.21. The highest BCUT2D eigenvalue weighted by atomic mass is 35.5. The maximum Gasteiger partial charge on any atom is 0.433 e. The van der Waals surface area contributed by atoms with Crippen molar-refractivity contribution in [1.82, 2.24) is 9.96 Å². The predicted octanol–water partition coefficient (Wildman–Crippen LogP) is 4.76. The monoisotopic (exact) mass is 484 g/mol. The Morgan fingerprint density at radius 2 is 1.59 bits per heavy atom. The molecule has 2 aliphatic heterocycles. The van der Waals surface area contributed by atoms with E-state index in [2.05, 4.69) is 17.0 Å². The summed E-state index contributed by atoms with van der Waals surface area (Å²) in [6.45, 7) is 4.74. The first kappa shape index (κ1) is 24.4. The molecule has 2 aromatic carbocycles. The highest BCUT2D eigenvalue weighted by Gasteiger charge is 2.28. The average Bonchev–Trinajstić information content (AvgIpc) is 3.34. The maximum atomic E-state index is 12.7. The van der Waals surface area contributed by atoms with Crippen LogP contribution in [0.1, 0.15) is 37.7 Å². The molecule has 0 spiro atoms. The molecule has 182 valence electrons. The summed E-state index contributed by atoms with van der Waals surface area (Å²) >= 11 is 5.99. The number of benzene rings is 2. The molecule has 2 fully saturated rings. The number of rotatable bonds is 5. The molecule has 8 heteroatoms. The summed E-state index contributed by atoms with van der Waals surface area (Å²) in [7, 11) is 3.59. The molecule has 0 aromatic heterocycles. The standard InChI is InChI=1S/C26H33ClN4O3/c1-19(32)28(2)25-14-15-30(18-25)24-10-8-23(9-11-24)29(3)26(33)34-31-16-12-21(13-17-31)20-4-6-22(27)7-5-20/h4-11,21,25H,12-18H2,1-3H3. The van der Waals surface area contributed by atoms with Gasteiger partial charge in [0.1, 0.15) is 0 Å². The molecule has 0 aliphatic carbocycles. The van der Waals surface area contributed by atoms with Crippen LogP contribution >= 0.6 is 11.6 Å². The van der Waals surface area contributed by atoms with Crippen LogP contribution in [0.25, 0.3) is 0 Å². The topological polar surface area (TPSA) is 56.3 Å². The predicted molar refractivity (Wildman–Crippen MR) is 135 cm³/mol. The number of halogens is 1. The average molecular weight is 485 g/mol. The van der Waals surface area contributed by atoms with Gasteiger partial charge in [0, 0.05) is 63.6 Å². The molecular weight excluding hydrogens is 452 g/mol. The summed E-state index contributed by atoms with van der Waals surface area (Å²) < 4.78 is 0. The quantitative estimate of drug-likeness (QED) is 0.612. The van der Waals surface area contributed by atoms with E-state index in [0.717, 1.165) is 48.7 Å².